The second-order valence-corrected chi connectivity index (χ2v) is 7.98. The van der Waals surface area contributed by atoms with Gasteiger partial charge >= 0.3 is 0 Å². The Labute approximate surface area is 157 Å². The van der Waals surface area contributed by atoms with Gasteiger partial charge in [-0.2, -0.15) is 0 Å². The molecule has 5 heteroatoms. The molecule has 0 spiro atoms. The average Bonchev–Trinajstić information content (AvgIpc) is 3.02. The number of aryl methyl sites for hydroxylation is 2. The zero-order chi connectivity index (χ0) is 17.6. The molecule has 25 heavy (non-hydrogen) atoms. The molecule has 4 rings (SSSR count). The van der Waals surface area contributed by atoms with Gasteiger partial charge in [0.1, 0.15) is 0 Å². The number of fused-ring (bicyclic) bond motifs is 1. The SMILES string of the molecule is Cc1cccc(-c2nc(Cl)nc3c2CCC(c2scnc2C)C3)c1C. The summed E-state index contributed by atoms with van der Waals surface area (Å²) in [6.45, 7) is 6.38. The molecule has 0 radical (unpaired) electrons. The molecule has 3 nitrogen and oxygen atoms in total. The Kier molecular flexibility index (Phi) is 4.34. The van der Waals surface area contributed by atoms with Gasteiger partial charge in [0.2, 0.25) is 5.28 Å². The molecule has 2 heterocycles. The van der Waals surface area contributed by atoms with Gasteiger partial charge in [-0.1, -0.05) is 18.2 Å². The first kappa shape index (κ1) is 16.7. The first-order valence-electron chi connectivity index (χ1n) is 8.56. The summed E-state index contributed by atoms with van der Waals surface area (Å²) in [4.78, 5) is 15.0. The summed E-state index contributed by atoms with van der Waals surface area (Å²) < 4.78 is 0. The number of nitrogens with zero attached hydrogens (tertiary/aromatic N) is 3. The minimum absolute atomic E-state index is 0.344. The first-order valence-corrected chi connectivity index (χ1v) is 9.82. The molecule has 128 valence electrons. The van der Waals surface area contributed by atoms with E-state index in [0.29, 0.717) is 11.2 Å². The zero-order valence-electron chi connectivity index (χ0n) is 14.6. The molecule has 3 aromatic rings. The maximum absolute atomic E-state index is 6.30. The van der Waals surface area contributed by atoms with Crippen LogP contribution in [0.15, 0.2) is 23.7 Å². The quantitative estimate of drug-likeness (QED) is 0.563. The summed E-state index contributed by atoms with van der Waals surface area (Å²) in [6.07, 6.45) is 3.01. The Morgan fingerprint density at radius 3 is 2.76 bits per heavy atom. The van der Waals surface area contributed by atoms with Gasteiger partial charge in [0, 0.05) is 27.6 Å². The van der Waals surface area contributed by atoms with Crippen molar-refractivity contribution in [2.45, 2.75) is 46.0 Å². The largest absolute Gasteiger partial charge is 0.250 e. The van der Waals surface area contributed by atoms with E-state index >= 15 is 0 Å². The van der Waals surface area contributed by atoms with Crippen LogP contribution in [0.2, 0.25) is 5.28 Å². The number of rotatable bonds is 2. The minimum atomic E-state index is 0.344. The molecule has 1 atom stereocenters. The van der Waals surface area contributed by atoms with Crippen molar-refractivity contribution in [1.82, 2.24) is 15.0 Å². The lowest BCUT2D eigenvalue weighted by Gasteiger charge is -2.25. The third kappa shape index (κ3) is 2.98. The van der Waals surface area contributed by atoms with E-state index in [2.05, 4.69) is 53.9 Å². The van der Waals surface area contributed by atoms with Crippen LogP contribution in [0.5, 0.6) is 0 Å². The molecular formula is C20H20ClN3S. The van der Waals surface area contributed by atoms with E-state index in [4.69, 9.17) is 11.6 Å². The van der Waals surface area contributed by atoms with Crippen LogP contribution in [0.25, 0.3) is 11.3 Å². The highest BCUT2D eigenvalue weighted by atomic mass is 35.5. The molecule has 0 saturated heterocycles. The van der Waals surface area contributed by atoms with Crippen molar-refractivity contribution < 1.29 is 0 Å². The second kappa shape index (κ2) is 6.50. The molecule has 0 amide bonds. The van der Waals surface area contributed by atoms with E-state index in [9.17, 15) is 0 Å². The monoisotopic (exact) mass is 369 g/mol. The van der Waals surface area contributed by atoms with E-state index in [0.717, 1.165) is 36.3 Å². The lowest BCUT2D eigenvalue weighted by molar-refractivity contribution is 0.575. The number of hydrogen-bond donors (Lipinski definition) is 0. The predicted octanol–water partition coefficient (Wildman–Crippen LogP) is 5.45. The smallest absolute Gasteiger partial charge is 0.223 e. The Hall–Kier alpha value is -1.78. The van der Waals surface area contributed by atoms with Crippen molar-refractivity contribution in [3.05, 3.63) is 61.9 Å². The third-order valence-electron chi connectivity index (χ3n) is 5.26. The Balaban J connectivity index is 1.80. The average molecular weight is 370 g/mol. The number of halogens is 1. The molecular weight excluding hydrogens is 350 g/mol. The topological polar surface area (TPSA) is 38.7 Å². The van der Waals surface area contributed by atoms with Crippen LogP contribution in [0.3, 0.4) is 0 Å². The van der Waals surface area contributed by atoms with Crippen LogP contribution in [0, 0.1) is 20.8 Å². The Morgan fingerprint density at radius 1 is 1.16 bits per heavy atom. The van der Waals surface area contributed by atoms with E-state index in [1.807, 2.05) is 5.51 Å². The van der Waals surface area contributed by atoms with Crippen molar-refractivity contribution >= 4 is 22.9 Å². The van der Waals surface area contributed by atoms with Crippen molar-refractivity contribution in [2.75, 3.05) is 0 Å². The molecule has 2 aromatic heterocycles. The summed E-state index contributed by atoms with van der Waals surface area (Å²) in [5, 5.41) is 0.344. The molecule has 0 bridgehead atoms. The highest BCUT2D eigenvalue weighted by molar-refractivity contribution is 7.09. The van der Waals surface area contributed by atoms with E-state index < -0.39 is 0 Å². The standard InChI is InChI=1S/C20H20ClN3S/c1-11-5-4-6-15(12(11)2)18-16-8-7-14(19-13(3)22-10-25-19)9-17(16)23-20(21)24-18/h4-6,10,14H,7-9H2,1-3H3. The predicted molar refractivity (Wildman–Crippen MR) is 104 cm³/mol. The van der Waals surface area contributed by atoms with Crippen LogP contribution < -0.4 is 0 Å². The Morgan fingerprint density at radius 2 is 2.00 bits per heavy atom. The second-order valence-electron chi connectivity index (χ2n) is 6.76. The highest BCUT2D eigenvalue weighted by Crippen LogP contribution is 2.39. The molecule has 1 aromatic carbocycles. The number of benzene rings is 1. The summed E-state index contributed by atoms with van der Waals surface area (Å²) in [5.41, 5.74) is 10.2. The van der Waals surface area contributed by atoms with Gasteiger partial charge in [-0.05, 0) is 62.8 Å². The molecule has 0 saturated carbocycles. The molecule has 0 aliphatic heterocycles. The molecule has 1 aliphatic carbocycles. The molecule has 1 aliphatic rings. The summed E-state index contributed by atoms with van der Waals surface area (Å²) in [6, 6.07) is 6.36. The lowest BCUT2D eigenvalue weighted by Crippen LogP contribution is -2.16. The van der Waals surface area contributed by atoms with Crippen LogP contribution in [-0.4, -0.2) is 15.0 Å². The fourth-order valence-corrected chi connectivity index (χ4v) is 4.87. The lowest BCUT2D eigenvalue weighted by atomic mass is 9.83. The van der Waals surface area contributed by atoms with Gasteiger partial charge in [-0.3, -0.25) is 0 Å². The van der Waals surface area contributed by atoms with Crippen molar-refractivity contribution in [3.8, 4) is 11.3 Å². The van der Waals surface area contributed by atoms with Crippen molar-refractivity contribution in [3.63, 3.8) is 0 Å². The summed E-state index contributed by atoms with van der Waals surface area (Å²) >= 11 is 8.05. The van der Waals surface area contributed by atoms with Gasteiger partial charge in [0.25, 0.3) is 0 Å². The van der Waals surface area contributed by atoms with Gasteiger partial charge in [-0.15, -0.1) is 11.3 Å². The molecule has 0 N–H and O–H groups in total. The maximum atomic E-state index is 6.30. The van der Waals surface area contributed by atoms with Gasteiger partial charge in [0.05, 0.1) is 16.9 Å². The zero-order valence-corrected chi connectivity index (χ0v) is 16.2. The fourth-order valence-electron chi connectivity index (χ4n) is 3.74. The van der Waals surface area contributed by atoms with Crippen molar-refractivity contribution in [1.29, 1.82) is 0 Å². The first-order chi connectivity index (χ1) is 12.0. The summed E-state index contributed by atoms with van der Waals surface area (Å²) in [7, 11) is 0. The van der Waals surface area contributed by atoms with E-state index in [-0.39, 0.29) is 0 Å². The maximum Gasteiger partial charge on any atom is 0.223 e. The van der Waals surface area contributed by atoms with E-state index in [1.165, 1.54) is 27.1 Å². The number of aromatic nitrogens is 3. The van der Waals surface area contributed by atoms with Gasteiger partial charge in [0.15, 0.2) is 0 Å². The fraction of sp³-hybridized carbons (Fsp3) is 0.350. The number of hydrogen-bond acceptors (Lipinski definition) is 4. The minimum Gasteiger partial charge on any atom is -0.250 e. The van der Waals surface area contributed by atoms with Gasteiger partial charge < -0.3 is 0 Å². The molecule has 1 unspecified atom stereocenters. The van der Waals surface area contributed by atoms with Gasteiger partial charge in [-0.25, -0.2) is 15.0 Å². The van der Waals surface area contributed by atoms with Crippen LogP contribution in [-0.2, 0) is 12.8 Å². The Bertz CT molecular complexity index is 948. The highest BCUT2D eigenvalue weighted by Gasteiger charge is 2.27. The van der Waals surface area contributed by atoms with Crippen LogP contribution >= 0.6 is 22.9 Å². The summed E-state index contributed by atoms with van der Waals surface area (Å²) in [5.74, 6) is 0.484. The van der Waals surface area contributed by atoms with Crippen LogP contribution in [0.4, 0.5) is 0 Å². The number of thiazole rings is 1. The molecule has 0 fully saturated rings. The van der Waals surface area contributed by atoms with Crippen LogP contribution in [0.1, 0.15) is 45.3 Å². The van der Waals surface area contributed by atoms with E-state index in [1.54, 1.807) is 11.3 Å². The third-order valence-corrected chi connectivity index (χ3v) is 6.52. The van der Waals surface area contributed by atoms with Crippen molar-refractivity contribution in [2.24, 2.45) is 0 Å². The normalized spacial score (nSPS) is 16.7.